The van der Waals surface area contributed by atoms with E-state index in [1.54, 1.807) is 6.08 Å². The Balaban J connectivity index is 1.11. The van der Waals surface area contributed by atoms with Crippen LogP contribution >= 0.6 is 23.5 Å². The van der Waals surface area contributed by atoms with Crippen molar-refractivity contribution in [2.24, 2.45) is 16.0 Å². The summed E-state index contributed by atoms with van der Waals surface area (Å²) in [5, 5.41) is 22.7. The van der Waals surface area contributed by atoms with Crippen molar-refractivity contribution < 1.29 is 71.8 Å². The number of carboxylic acid groups (broad SMARTS) is 1. The summed E-state index contributed by atoms with van der Waals surface area (Å²) in [4.78, 5) is 114. The molecule has 2 fully saturated rings. The molecule has 6 N–H and O–H groups in total. The van der Waals surface area contributed by atoms with Gasteiger partial charge in [-0.3, -0.25) is 39.1 Å². The lowest BCUT2D eigenvalue weighted by atomic mass is 10.0. The molecule has 0 aromatic carbocycles. The number of nitrogens with zero attached hydrogens (tertiary/aromatic N) is 4. The van der Waals surface area contributed by atoms with Gasteiger partial charge in [0.05, 0.1) is 12.9 Å². The number of ether oxygens (including phenoxy) is 3. The van der Waals surface area contributed by atoms with Crippen LogP contribution in [-0.2, 0) is 52.7 Å². The van der Waals surface area contributed by atoms with Gasteiger partial charge < -0.3 is 49.8 Å². The fourth-order valence-electron chi connectivity index (χ4n) is 6.10. The zero-order valence-electron chi connectivity index (χ0n) is 29.7. The van der Waals surface area contributed by atoms with Crippen LogP contribution in [0.4, 0.5) is 9.59 Å². The summed E-state index contributed by atoms with van der Waals surface area (Å²) >= 11 is 2.20. The van der Waals surface area contributed by atoms with Gasteiger partial charge in [0.25, 0.3) is 29.5 Å². The van der Waals surface area contributed by atoms with Crippen LogP contribution in [0.1, 0.15) is 12.2 Å². The normalized spacial score (nSPS) is 22.8. The lowest BCUT2D eigenvalue weighted by Crippen LogP contribution is -2.71. The first-order valence-corrected chi connectivity index (χ1v) is 18.6. The van der Waals surface area contributed by atoms with Crippen LogP contribution in [-0.4, -0.2) is 142 Å². The lowest BCUT2D eigenvalue weighted by molar-refractivity contribution is -0.150. The van der Waals surface area contributed by atoms with Crippen molar-refractivity contribution in [3.8, 4) is 0 Å². The van der Waals surface area contributed by atoms with E-state index in [-0.39, 0.29) is 51.3 Å². The minimum atomic E-state index is -1.52. The number of alkyl carbamates (subject to hydrolysis) is 1. The van der Waals surface area contributed by atoms with Gasteiger partial charge >= 0.3 is 18.2 Å². The number of carboxylic acids is 1. The number of hydrogen-bond donors (Lipinski definition) is 5. The number of hydrogen-bond acceptors (Lipinski definition) is 18. The van der Waals surface area contributed by atoms with Gasteiger partial charge in [-0.05, 0) is 18.2 Å². The number of aliphatic carboxylic acids is 1. The first kappa shape index (κ1) is 40.2. The number of rotatable bonds is 14. The molecule has 2 saturated heterocycles. The number of β-lactam (4-membered cyclic amide) rings is 2. The molecule has 0 saturated carbocycles. The van der Waals surface area contributed by atoms with Crippen molar-refractivity contribution in [2.45, 2.75) is 29.3 Å². The van der Waals surface area contributed by atoms with Gasteiger partial charge in [0.2, 0.25) is 11.4 Å². The highest BCUT2D eigenvalue weighted by atomic mass is 32.2. The molecule has 302 valence electrons. The Hall–Kier alpha value is -6.50. The van der Waals surface area contributed by atoms with Gasteiger partial charge in [-0.25, -0.2) is 14.4 Å². The van der Waals surface area contributed by atoms with Crippen molar-refractivity contribution in [1.29, 1.82) is 0 Å². The van der Waals surface area contributed by atoms with Crippen molar-refractivity contribution >= 4 is 82.6 Å². The Morgan fingerprint density at radius 2 is 1.47 bits per heavy atom. The Labute approximate surface area is 328 Å². The average Bonchev–Trinajstić information content (AvgIpc) is 3.93. The number of carbonyl (C=O) groups is 8. The van der Waals surface area contributed by atoms with E-state index in [9.17, 15) is 43.5 Å². The summed E-state index contributed by atoms with van der Waals surface area (Å²) in [5.74, 6) is -5.64. The van der Waals surface area contributed by atoms with Crippen LogP contribution < -0.4 is 21.7 Å². The fourth-order valence-corrected chi connectivity index (χ4v) is 8.75. The summed E-state index contributed by atoms with van der Waals surface area (Å²) in [6.07, 6.45) is 0.930. The molecular weight excluding hydrogens is 801 g/mol. The summed E-state index contributed by atoms with van der Waals surface area (Å²) in [7, 11) is 2.44. The molecule has 0 radical (unpaired) electrons. The van der Waals surface area contributed by atoms with Crippen LogP contribution in [0.15, 0.2) is 67.5 Å². The van der Waals surface area contributed by atoms with E-state index >= 15 is 0 Å². The monoisotopic (exact) mass is 832 g/mol. The quantitative estimate of drug-likeness (QED) is 0.0824. The maximum Gasteiger partial charge on any atom is 0.414 e. The Morgan fingerprint density at radius 1 is 0.895 bits per heavy atom. The van der Waals surface area contributed by atoms with E-state index in [2.05, 4.69) is 20.9 Å². The zero-order valence-corrected chi connectivity index (χ0v) is 31.3. The van der Waals surface area contributed by atoms with Gasteiger partial charge in [0, 0.05) is 29.1 Å². The van der Waals surface area contributed by atoms with Crippen LogP contribution in [0.25, 0.3) is 0 Å². The molecule has 0 bridgehead atoms. The molecule has 25 heteroatoms. The third-order valence-electron chi connectivity index (χ3n) is 8.56. The SMILES string of the molecule is CO/N=C(\C(=O)N[C@@H]1C(=O)N2C(C(=O)NC(=O)OCC3=C(C(=O)O)N4C(=O)[C@@H](NC(=O)/C(=N\OC)c5ccco5)[C@H]4SC3)=C(COC(N)=O)CS[C@H]12)C1=CCCO1. The standard InChI is InChI=1S/C32H32N8O15S2/c1-50-37-17(15-5-3-7-52-15)23(41)34-19-26(44)39-21(13(9-54-31(33)48)11-56-28(19)39)25(43)36-32(49)55-10-14-12-57-29-20(27(45)40(29)22(14)30(46)47)35-24(42)18(38-51-2)16-6-4-8-53-16/h4-6,8,19-20,28-29H,3,7,9-12H2,1-2H3,(H2,33,48)(H,34,41)(H,35,42)(H,46,47)(H,36,43,49)/b37-17-,38-18-/t19-,20-,28-,29-/m1/s1. The minimum absolute atomic E-state index is 0.00107. The van der Waals surface area contributed by atoms with Gasteiger partial charge in [-0.1, -0.05) is 10.3 Å². The topological polar surface area (TPSA) is 309 Å². The largest absolute Gasteiger partial charge is 0.491 e. The molecule has 57 heavy (non-hydrogen) atoms. The predicted molar refractivity (Wildman–Crippen MR) is 192 cm³/mol. The fraction of sp³-hybridized carbons (Fsp3) is 0.375. The van der Waals surface area contributed by atoms with E-state index in [4.69, 9.17) is 34.0 Å². The van der Waals surface area contributed by atoms with Gasteiger partial charge in [-0.2, -0.15) is 0 Å². The molecule has 1 aromatic heterocycles. The predicted octanol–water partition coefficient (Wildman–Crippen LogP) is -1.32. The second-order valence-corrected chi connectivity index (χ2v) is 14.2. The lowest BCUT2D eigenvalue weighted by Gasteiger charge is -2.49. The third kappa shape index (κ3) is 8.09. The number of carbonyl (C=O) groups excluding carboxylic acids is 7. The van der Waals surface area contributed by atoms with Gasteiger partial charge in [0.15, 0.2) is 5.76 Å². The van der Waals surface area contributed by atoms with Crippen molar-refractivity contribution in [3.63, 3.8) is 0 Å². The summed E-state index contributed by atoms with van der Waals surface area (Å²) < 4.78 is 20.6. The smallest absolute Gasteiger partial charge is 0.414 e. The highest BCUT2D eigenvalue weighted by Crippen LogP contribution is 2.42. The molecule has 4 atom stereocenters. The number of furan rings is 1. The number of nitrogens with one attached hydrogen (secondary N) is 3. The second kappa shape index (κ2) is 17.1. The van der Waals surface area contributed by atoms with E-state index in [1.807, 2.05) is 5.32 Å². The number of primary amides is 1. The van der Waals surface area contributed by atoms with Crippen LogP contribution in [0.2, 0.25) is 0 Å². The molecule has 0 unspecified atom stereocenters. The molecule has 1 aromatic rings. The van der Waals surface area contributed by atoms with E-state index in [0.29, 0.717) is 13.0 Å². The molecule has 23 nitrogen and oxygen atoms in total. The summed E-state index contributed by atoms with van der Waals surface area (Å²) in [6.45, 7) is -0.881. The maximum atomic E-state index is 13.5. The summed E-state index contributed by atoms with van der Waals surface area (Å²) in [5.41, 5.74) is 3.88. The molecule has 7 amide bonds. The number of amides is 7. The molecule has 5 aliphatic rings. The Bertz CT molecular complexity index is 2060. The van der Waals surface area contributed by atoms with E-state index in [1.165, 1.54) is 32.6 Å². The first-order valence-electron chi connectivity index (χ1n) is 16.5. The van der Waals surface area contributed by atoms with Crippen LogP contribution in [0.5, 0.6) is 0 Å². The van der Waals surface area contributed by atoms with Crippen LogP contribution in [0, 0.1) is 0 Å². The maximum absolute atomic E-state index is 13.5. The van der Waals surface area contributed by atoms with Gasteiger partial charge in [-0.15, -0.1) is 23.5 Å². The van der Waals surface area contributed by atoms with E-state index in [0.717, 1.165) is 33.3 Å². The number of nitrogens with two attached hydrogens (primary N) is 1. The molecule has 6 rings (SSSR count). The first-order chi connectivity index (χ1) is 27.4. The molecule has 6 heterocycles. The second-order valence-electron chi connectivity index (χ2n) is 12.0. The zero-order chi connectivity index (χ0) is 41.0. The molecule has 0 aliphatic carbocycles. The molecule has 0 spiro atoms. The summed E-state index contributed by atoms with van der Waals surface area (Å²) in [6, 6.07) is 0.667. The number of oxime groups is 2. The molecule has 5 aliphatic heterocycles. The molecular formula is C32H32N8O15S2. The van der Waals surface area contributed by atoms with Gasteiger partial charge in [0.1, 0.15) is 67.4 Å². The Morgan fingerprint density at radius 3 is 2.02 bits per heavy atom. The minimum Gasteiger partial charge on any atom is -0.491 e. The Kier molecular flexibility index (Phi) is 12.1. The van der Waals surface area contributed by atoms with Crippen molar-refractivity contribution in [1.82, 2.24) is 25.8 Å². The third-order valence-corrected chi connectivity index (χ3v) is 11.2. The average molecular weight is 833 g/mol. The number of imide groups is 1. The van der Waals surface area contributed by atoms with Crippen molar-refractivity contribution in [3.05, 3.63) is 58.5 Å². The van der Waals surface area contributed by atoms with Crippen molar-refractivity contribution in [2.75, 3.05) is 45.5 Å². The highest BCUT2D eigenvalue weighted by molar-refractivity contribution is 8.00. The van der Waals surface area contributed by atoms with E-state index < -0.39 is 89.4 Å². The highest BCUT2D eigenvalue weighted by Gasteiger charge is 2.56. The number of thioether (sulfide) groups is 2. The number of fused-ring (bicyclic) bond motifs is 2. The van der Waals surface area contributed by atoms with Crippen LogP contribution in [0.3, 0.4) is 0 Å².